The third kappa shape index (κ3) is 6.00. The Balaban J connectivity index is 1.30. The minimum Gasteiger partial charge on any atom is -0.444 e. The average Bonchev–Trinajstić information content (AvgIpc) is 3.34. The number of carbonyl (C=O) groups is 1. The van der Waals surface area contributed by atoms with E-state index in [1.165, 1.54) is 12.0 Å². The van der Waals surface area contributed by atoms with Gasteiger partial charge in [-0.25, -0.2) is 4.98 Å². The molecule has 1 aromatic heterocycles. The zero-order valence-electron chi connectivity index (χ0n) is 19.3. The summed E-state index contributed by atoms with van der Waals surface area (Å²) in [7, 11) is 1.73. The molecule has 1 aliphatic heterocycles. The van der Waals surface area contributed by atoms with Crippen molar-refractivity contribution >= 4 is 11.9 Å². The molecule has 172 valence electrons. The van der Waals surface area contributed by atoms with E-state index in [0.29, 0.717) is 24.9 Å². The third-order valence-corrected chi connectivity index (χ3v) is 5.79. The van der Waals surface area contributed by atoms with E-state index in [1.54, 1.807) is 13.3 Å². The van der Waals surface area contributed by atoms with Gasteiger partial charge >= 0.3 is 0 Å². The lowest BCUT2D eigenvalue weighted by molar-refractivity contribution is 0.0724. The second-order valence-corrected chi connectivity index (χ2v) is 8.34. The van der Waals surface area contributed by atoms with Crippen LogP contribution in [0.3, 0.4) is 0 Å². The molecule has 33 heavy (non-hydrogen) atoms. The molecule has 1 saturated heterocycles. The Kier molecular flexibility index (Phi) is 7.40. The zero-order chi connectivity index (χ0) is 23.0. The Bertz CT molecular complexity index is 1100. The van der Waals surface area contributed by atoms with Gasteiger partial charge in [0.05, 0.1) is 12.2 Å². The molecule has 7 heteroatoms. The summed E-state index contributed by atoms with van der Waals surface area (Å²) in [5.41, 5.74) is 4.72. The van der Waals surface area contributed by atoms with Crippen LogP contribution in [0, 0.1) is 6.92 Å². The largest absolute Gasteiger partial charge is 0.444 e. The molecule has 2 N–H and O–H groups in total. The molecule has 0 spiro atoms. The zero-order valence-corrected chi connectivity index (χ0v) is 19.3. The van der Waals surface area contributed by atoms with Crippen molar-refractivity contribution in [3.8, 4) is 11.5 Å². The van der Waals surface area contributed by atoms with Gasteiger partial charge in [-0.05, 0) is 56.0 Å². The van der Waals surface area contributed by atoms with Gasteiger partial charge in [0.15, 0.2) is 5.96 Å². The van der Waals surface area contributed by atoms with E-state index in [1.807, 2.05) is 53.4 Å². The molecular weight excluding hydrogens is 414 g/mol. The lowest BCUT2D eigenvalue weighted by Gasteiger charge is -2.26. The summed E-state index contributed by atoms with van der Waals surface area (Å²) >= 11 is 0. The molecule has 7 nitrogen and oxygen atoms in total. The topological polar surface area (TPSA) is 82.8 Å². The van der Waals surface area contributed by atoms with Gasteiger partial charge in [-0.2, -0.15) is 0 Å². The SMILES string of the molecule is CN=C(NCc1cccc(C(=O)N2CCCCC2)c1)NCc1coc(-c2ccc(C)cc2)n1. The predicted octanol–water partition coefficient (Wildman–Crippen LogP) is 4.14. The van der Waals surface area contributed by atoms with Gasteiger partial charge in [0.2, 0.25) is 5.89 Å². The molecule has 1 fully saturated rings. The molecule has 2 aromatic carbocycles. The fourth-order valence-electron chi connectivity index (χ4n) is 3.89. The number of aryl methyl sites for hydroxylation is 1. The number of benzene rings is 2. The van der Waals surface area contributed by atoms with Crippen LogP contribution in [-0.4, -0.2) is 41.9 Å². The van der Waals surface area contributed by atoms with E-state index < -0.39 is 0 Å². The van der Waals surface area contributed by atoms with E-state index in [-0.39, 0.29) is 5.91 Å². The summed E-state index contributed by atoms with van der Waals surface area (Å²) in [5, 5.41) is 6.56. The first-order valence-electron chi connectivity index (χ1n) is 11.5. The number of oxazole rings is 1. The second-order valence-electron chi connectivity index (χ2n) is 8.34. The van der Waals surface area contributed by atoms with Crippen LogP contribution in [0.5, 0.6) is 0 Å². The number of amides is 1. The molecule has 1 aliphatic rings. The molecule has 0 aliphatic carbocycles. The van der Waals surface area contributed by atoms with Crippen LogP contribution in [0.4, 0.5) is 0 Å². The highest BCUT2D eigenvalue weighted by molar-refractivity contribution is 5.94. The number of hydrogen-bond acceptors (Lipinski definition) is 4. The molecule has 0 saturated carbocycles. The highest BCUT2D eigenvalue weighted by Gasteiger charge is 2.18. The van der Waals surface area contributed by atoms with Crippen molar-refractivity contribution in [1.82, 2.24) is 20.5 Å². The predicted molar refractivity (Wildman–Crippen MR) is 130 cm³/mol. The normalized spacial score (nSPS) is 14.2. The van der Waals surface area contributed by atoms with Crippen molar-refractivity contribution in [3.63, 3.8) is 0 Å². The van der Waals surface area contributed by atoms with Gasteiger partial charge in [0.25, 0.3) is 5.91 Å². The number of nitrogens with zero attached hydrogens (tertiary/aromatic N) is 3. The first-order valence-corrected chi connectivity index (χ1v) is 11.5. The first-order chi connectivity index (χ1) is 16.1. The van der Waals surface area contributed by atoms with Gasteiger partial charge in [-0.15, -0.1) is 0 Å². The first kappa shape index (κ1) is 22.6. The molecule has 0 bridgehead atoms. The van der Waals surface area contributed by atoms with Crippen molar-refractivity contribution in [2.75, 3.05) is 20.1 Å². The number of aliphatic imine (C=N–C) groups is 1. The van der Waals surface area contributed by atoms with E-state index in [4.69, 9.17) is 4.42 Å². The van der Waals surface area contributed by atoms with Crippen LogP contribution < -0.4 is 10.6 Å². The minimum atomic E-state index is 0.120. The monoisotopic (exact) mass is 445 g/mol. The maximum atomic E-state index is 12.8. The van der Waals surface area contributed by atoms with E-state index >= 15 is 0 Å². The van der Waals surface area contributed by atoms with Gasteiger partial charge in [-0.3, -0.25) is 9.79 Å². The standard InChI is InChI=1S/C26H31N5O2/c1-19-9-11-21(12-10-19)24-30-23(18-33-24)17-29-26(27-2)28-16-20-7-6-8-22(15-20)25(32)31-13-4-3-5-14-31/h6-12,15,18H,3-5,13-14,16-17H2,1-2H3,(H2,27,28,29). The van der Waals surface area contributed by atoms with Crippen molar-refractivity contribution in [2.45, 2.75) is 39.3 Å². The van der Waals surface area contributed by atoms with Gasteiger partial charge in [0, 0.05) is 37.8 Å². The highest BCUT2D eigenvalue weighted by Crippen LogP contribution is 2.19. The molecule has 0 unspecified atom stereocenters. The third-order valence-electron chi connectivity index (χ3n) is 5.79. The molecule has 0 radical (unpaired) electrons. The van der Waals surface area contributed by atoms with Crippen molar-refractivity contribution in [3.05, 3.63) is 77.2 Å². The van der Waals surface area contributed by atoms with E-state index in [2.05, 4.69) is 27.5 Å². The van der Waals surface area contributed by atoms with Crippen molar-refractivity contribution < 1.29 is 9.21 Å². The smallest absolute Gasteiger partial charge is 0.253 e. The number of carbonyl (C=O) groups excluding carboxylic acids is 1. The number of aromatic nitrogens is 1. The second kappa shape index (κ2) is 10.8. The molecule has 3 aromatic rings. The number of nitrogens with one attached hydrogen (secondary N) is 2. The number of likely N-dealkylation sites (tertiary alicyclic amines) is 1. The Morgan fingerprint density at radius 1 is 1.06 bits per heavy atom. The van der Waals surface area contributed by atoms with Crippen LogP contribution in [0.15, 0.2) is 64.2 Å². The van der Waals surface area contributed by atoms with Crippen molar-refractivity contribution in [1.29, 1.82) is 0 Å². The minimum absolute atomic E-state index is 0.120. The van der Waals surface area contributed by atoms with E-state index in [9.17, 15) is 4.79 Å². The lowest BCUT2D eigenvalue weighted by Crippen LogP contribution is -2.37. The number of rotatable bonds is 6. The van der Waals surface area contributed by atoms with Crippen LogP contribution in [0.25, 0.3) is 11.5 Å². The van der Waals surface area contributed by atoms with E-state index in [0.717, 1.165) is 48.3 Å². The van der Waals surface area contributed by atoms with Crippen LogP contribution in [0.1, 0.15) is 46.4 Å². The van der Waals surface area contributed by atoms with Crippen LogP contribution >= 0.6 is 0 Å². The van der Waals surface area contributed by atoms with Crippen LogP contribution in [-0.2, 0) is 13.1 Å². The number of hydrogen-bond donors (Lipinski definition) is 2. The number of piperidine rings is 1. The van der Waals surface area contributed by atoms with Gasteiger partial charge in [-0.1, -0.05) is 29.8 Å². The maximum Gasteiger partial charge on any atom is 0.253 e. The van der Waals surface area contributed by atoms with Gasteiger partial charge < -0.3 is 20.0 Å². The summed E-state index contributed by atoms with van der Waals surface area (Å²) in [5.74, 6) is 1.38. The van der Waals surface area contributed by atoms with Gasteiger partial charge in [0.1, 0.15) is 6.26 Å². The summed E-state index contributed by atoms with van der Waals surface area (Å²) in [6.45, 7) is 4.81. The summed E-state index contributed by atoms with van der Waals surface area (Å²) in [6.07, 6.45) is 5.05. The maximum absolute atomic E-state index is 12.8. The summed E-state index contributed by atoms with van der Waals surface area (Å²) in [4.78, 5) is 23.6. The Morgan fingerprint density at radius 3 is 2.58 bits per heavy atom. The van der Waals surface area contributed by atoms with Crippen molar-refractivity contribution in [2.24, 2.45) is 4.99 Å². The number of guanidine groups is 1. The summed E-state index contributed by atoms with van der Waals surface area (Å²) in [6, 6.07) is 15.9. The molecule has 1 amide bonds. The fraction of sp³-hybridized carbons (Fsp3) is 0.346. The summed E-state index contributed by atoms with van der Waals surface area (Å²) < 4.78 is 5.62. The lowest BCUT2D eigenvalue weighted by atomic mass is 10.1. The highest BCUT2D eigenvalue weighted by atomic mass is 16.3. The Hall–Kier alpha value is -3.61. The Morgan fingerprint density at radius 2 is 1.82 bits per heavy atom. The molecule has 0 atom stereocenters. The quantitative estimate of drug-likeness (QED) is 0.440. The molecular formula is C26H31N5O2. The van der Waals surface area contributed by atoms with Crippen LogP contribution in [0.2, 0.25) is 0 Å². The fourth-order valence-corrected chi connectivity index (χ4v) is 3.89. The average molecular weight is 446 g/mol. The Labute approximate surface area is 194 Å². The molecule has 2 heterocycles. The molecule has 4 rings (SSSR count).